The fraction of sp³-hybridized carbons (Fsp3) is 0.0714. The number of thioether (sulfide) groups is 1. The van der Waals surface area contributed by atoms with E-state index in [1.54, 1.807) is 18.2 Å². The summed E-state index contributed by atoms with van der Waals surface area (Å²) in [7, 11) is 0. The average Bonchev–Trinajstić information content (AvgIpc) is 2.89. The molecular weight excluding hydrogens is 474 g/mol. The number of carbonyl (C=O) groups is 2. The highest BCUT2D eigenvalue weighted by atomic mass is 32.2. The first-order chi connectivity index (χ1) is 17.4. The number of non-ortho nitro benzene ring substituents is 1. The maximum absolute atomic E-state index is 13.3. The number of nitro benzene ring substituents is 1. The van der Waals surface area contributed by atoms with Gasteiger partial charge in [0.2, 0.25) is 5.91 Å². The lowest BCUT2D eigenvalue weighted by Gasteiger charge is -2.18. The smallest absolute Gasteiger partial charge is 0.269 e. The summed E-state index contributed by atoms with van der Waals surface area (Å²) in [4.78, 5) is 37.1. The van der Waals surface area contributed by atoms with E-state index >= 15 is 0 Å². The number of aryl methyl sites for hydroxylation is 1. The van der Waals surface area contributed by atoms with Crippen molar-refractivity contribution in [1.82, 2.24) is 0 Å². The Morgan fingerprint density at radius 1 is 0.833 bits per heavy atom. The van der Waals surface area contributed by atoms with Crippen molar-refractivity contribution in [1.29, 1.82) is 0 Å². The largest absolute Gasteiger partial charge is 0.325 e. The molecule has 0 aliphatic rings. The van der Waals surface area contributed by atoms with Crippen molar-refractivity contribution in [2.75, 3.05) is 10.6 Å². The molecule has 1 unspecified atom stereocenters. The quantitative estimate of drug-likeness (QED) is 0.162. The van der Waals surface area contributed by atoms with Crippen LogP contribution in [0.2, 0.25) is 0 Å². The molecule has 7 nitrogen and oxygen atoms in total. The molecule has 1 atom stereocenters. The molecule has 36 heavy (non-hydrogen) atoms. The van der Waals surface area contributed by atoms with Crippen LogP contribution in [0.15, 0.2) is 108 Å². The third kappa shape index (κ3) is 6.17. The fourth-order valence-electron chi connectivity index (χ4n) is 3.53. The number of benzene rings is 4. The number of amides is 2. The standard InChI is InChI=1S/C28H23N3O4S/c1-19-8-5-6-13-25(19)30-28(33)26(20-9-3-2-4-10-20)36-24-12-7-11-22(18-24)29-27(32)21-14-16-23(17-15-21)31(34)35/h2-18,26H,1H3,(H,29,32)(H,30,33). The van der Waals surface area contributed by atoms with Crippen LogP contribution in [0, 0.1) is 17.0 Å². The lowest BCUT2D eigenvalue weighted by molar-refractivity contribution is -0.384. The Morgan fingerprint density at radius 2 is 1.53 bits per heavy atom. The Balaban J connectivity index is 1.53. The van der Waals surface area contributed by atoms with Gasteiger partial charge in [-0.1, -0.05) is 54.6 Å². The molecule has 2 amide bonds. The Labute approximate surface area is 212 Å². The summed E-state index contributed by atoms with van der Waals surface area (Å²) in [5.41, 5.74) is 3.36. The van der Waals surface area contributed by atoms with Gasteiger partial charge in [-0.2, -0.15) is 0 Å². The summed E-state index contributed by atoms with van der Waals surface area (Å²) < 4.78 is 0. The van der Waals surface area contributed by atoms with E-state index in [4.69, 9.17) is 0 Å². The van der Waals surface area contributed by atoms with Crippen LogP contribution in [0.1, 0.15) is 26.7 Å². The predicted molar refractivity (Wildman–Crippen MR) is 142 cm³/mol. The summed E-state index contributed by atoms with van der Waals surface area (Å²) >= 11 is 1.38. The minimum Gasteiger partial charge on any atom is -0.325 e. The lowest BCUT2D eigenvalue weighted by Crippen LogP contribution is -2.19. The van der Waals surface area contributed by atoms with Crippen LogP contribution < -0.4 is 10.6 Å². The van der Waals surface area contributed by atoms with Gasteiger partial charge in [-0.05, 0) is 54.4 Å². The zero-order chi connectivity index (χ0) is 25.5. The highest BCUT2D eigenvalue weighted by Crippen LogP contribution is 2.37. The van der Waals surface area contributed by atoms with E-state index in [1.807, 2.05) is 67.6 Å². The van der Waals surface area contributed by atoms with Crippen molar-refractivity contribution in [2.24, 2.45) is 0 Å². The van der Waals surface area contributed by atoms with Crippen LogP contribution in [0.3, 0.4) is 0 Å². The number of anilines is 2. The van der Waals surface area contributed by atoms with E-state index in [9.17, 15) is 19.7 Å². The molecule has 0 heterocycles. The van der Waals surface area contributed by atoms with Crippen molar-refractivity contribution in [3.05, 3.63) is 130 Å². The van der Waals surface area contributed by atoms with Crippen LogP contribution in [0.25, 0.3) is 0 Å². The molecule has 0 aliphatic heterocycles. The molecular formula is C28H23N3O4S. The predicted octanol–water partition coefficient (Wildman–Crippen LogP) is 6.63. The van der Waals surface area contributed by atoms with E-state index in [0.717, 1.165) is 21.7 Å². The summed E-state index contributed by atoms with van der Waals surface area (Å²) in [5, 5.41) is 16.2. The maximum Gasteiger partial charge on any atom is 0.269 e. The maximum atomic E-state index is 13.3. The highest BCUT2D eigenvalue weighted by molar-refractivity contribution is 8.00. The zero-order valence-electron chi connectivity index (χ0n) is 19.4. The van der Waals surface area contributed by atoms with E-state index < -0.39 is 10.2 Å². The molecule has 0 bridgehead atoms. The van der Waals surface area contributed by atoms with Crippen molar-refractivity contribution in [3.63, 3.8) is 0 Å². The van der Waals surface area contributed by atoms with Crippen LogP contribution in [0.4, 0.5) is 17.1 Å². The van der Waals surface area contributed by atoms with Gasteiger partial charge in [-0.3, -0.25) is 19.7 Å². The normalized spacial score (nSPS) is 11.4. The molecule has 0 aromatic heterocycles. The summed E-state index contributed by atoms with van der Waals surface area (Å²) in [6, 6.07) is 29.7. The Bertz CT molecular complexity index is 1390. The van der Waals surface area contributed by atoms with Gasteiger partial charge in [-0.25, -0.2) is 0 Å². The average molecular weight is 498 g/mol. The monoisotopic (exact) mass is 497 g/mol. The molecule has 4 aromatic carbocycles. The first kappa shape index (κ1) is 24.7. The molecule has 8 heteroatoms. The van der Waals surface area contributed by atoms with E-state index in [1.165, 1.54) is 36.0 Å². The second-order valence-electron chi connectivity index (χ2n) is 8.00. The molecule has 4 aromatic rings. The van der Waals surface area contributed by atoms with Gasteiger partial charge in [-0.15, -0.1) is 11.8 Å². The van der Waals surface area contributed by atoms with E-state index in [2.05, 4.69) is 10.6 Å². The minimum absolute atomic E-state index is 0.0825. The third-order valence-corrected chi connectivity index (χ3v) is 6.68. The summed E-state index contributed by atoms with van der Waals surface area (Å²) in [6.45, 7) is 1.94. The number of nitrogens with one attached hydrogen (secondary N) is 2. The second kappa shape index (κ2) is 11.3. The Hall–Kier alpha value is -4.43. The molecule has 0 fully saturated rings. The summed E-state index contributed by atoms with van der Waals surface area (Å²) in [5.74, 6) is -0.537. The van der Waals surface area contributed by atoms with Crippen LogP contribution in [-0.4, -0.2) is 16.7 Å². The van der Waals surface area contributed by atoms with Gasteiger partial charge in [0.1, 0.15) is 5.25 Å². The van der Waals surface area contributed by atoms with Gasteiger partial charge in [0.25, 0.3) is 11.6 Å². The second-order valence-corrected chi connectivity index (χ2v) is 9.18. The van der Waals surface area contributed by atoms with Crippen molar-refractivity contribution in [2.45, 2.75) is 17.1 Å². The van der Waals surface area contributed by atoms with Gasteiger partial charge >= 0.3 is 0 Å². The number of nitro groups is 1. The van der Waals surface area contributed by atoms with Crippen LogP contribution in [-0.2, 0) is 4.79 Å². The van der Waals surface area contributed by atoms with Gasteiger partial charge in [0.15, 0.2) is 0 Å². The number of hydrogen-bond acceptors (Lipinski definition) is 5. The molecule has 4 rings (SSSR count). The Morgan fingerprint density at radius 3 is 2.22 bits per heavy atom. The van der Waals surface area contributed by atoms with Crippen molar-refractivity contribution >= 4 is 40.6 Å². The zero-order valence-corrected chi connectivity index (χ0v) is 20.2. The highest BCUT2D eigenvalue weighted by Gasteiger charge is 2.23. The van der Waals surface area contributed by atoms with E-state index in [-0.39, 0.29) is 17.5 Å². The van der Waals surface area contributed by atoms with Crippen LogP contribution >= 0.6 is 11.8 Å². The first-order valence-corrected chi connectivity index (χ1v) is 12.0. The molecule has 0 spiro atoms. The lowest BCUT2D eigenvalue weighted by atomic mass is 10.1. The summed E-state index contributed by atoms with van der Waals surface area (Å²) in [6.07, 6.45) is 0. The van der Waals surface area contributed by atoms with Crippen molar-refractivity contribution in [3.8, 4) is 0 Å². The number of carbonyl (C=O) groups excluding carboxylic acids is 2. The molecule has 0 saturated heterocycles. The molecule has 0 radical (unpaired) electrons. The third-order valence-electron chi connectivity index (χ3n) is 5.43. The topological polar surface area (TPSA) is 101 Å². The number of hydrogen-bond donors (Lipinski definition) is 2. The van der Waals surface area contributed by atoms with Crippen molar-refractivity contribution < 1.29 is 14.5 Å². The molecule has 2 N–H and O–H groups in total. The SMILES string of the molecule is Cc1ccccc1NC(=O)C(Sc1cccc(NC(=O)c2ccc([N+](=O)[O-])cc2)c1)c1ccccc1. The molecule has 0 aliphatic carbocycles. The van der Waals surface area contributed by atoms with Gasteiger partial charge in [0.05, 0.1) is 4.92 Å². The van der Waals surface area contributed by atoms with Crippen LogP contribution in [0.5, 0.6) is 0 Å². The molecule has 0 saturated carbocycles. The number of rotatable bonds is 8. The fourth-order valence-corrected chi connectivity index (χ4v) is 4.62. The first-order valence-electron chi connectivity index (χ1n) is 11.1. The van der Waals surface area contributed by atoms with E-state index in [0.29, 0.717) is 11.3 Å². The Kier molecular flexibility index (Phi) is 7.77. The molecule has 180 valence electrons. The number of nitrogens with zero attached hydrogens (tertiary/aromatic N) is 1. The van der Waals surface area contributed by atoms with Gasteiger partial charge < -0.3 is 10.6 Å². The van der Waals surface area contributed by atoms with Gasteiger partial charge in [0, 0.05) is 34.0 Å². The number of para-hydroxylation sites is 1. The minimum atomic E-state index is -0.522.